The number of urea groups is 1. The highest BCUT2D eigenvalue weighted by molar-refractivity contribution is 5.85. The summed E-state index contributed by atoms with van der Waals surface area (Å²) in [6.07, 6.45) is 4.79. The van der Waals surface area contributed by atoms with Crippen molar-refractivity contribution < 1.29 is 14.7 Å². The van der Waals surface area contributed by atoms with Gasteiger partial charge >= 0.3 is 12.0 Å². The Labute approximate surface area is 120 Å². The summed E-state index contributed by atoms with van der Waals surface area (Å²) in [4.78, 5) is 24.4. The molecule has 2 amide bonds. The van der Waals surface area contributed by atoms with Crippen molar-refractivity contribution in [2.24, 2.45) is 0 Å². The van der Waals surface area contributed by atoms with Crippen LogP contribution in [0, 0.1) is 0 Å². The molecule has 0 radical (unpaired) electrons. The summed E-state index contributed by atoms with van der Waals surface area (Å²) in [5.74, 6) is -0.976. The number of nitrogens with one attached hydrogen (secondary N) is 2. The Morgan fingerprint density at radius 3 is 2.40 bits per heavy atom. The number of piperidine rings is 1. The Balaban J connectivity index is 1.97. The maximum absolute atomic E-state index is 11.5. The van der Waals surface area contributed by atoms with Gasteiger partial charge in [-0.05, 0) is 38.8 Å². The van der Waals surface area contributed by atoms with Crippen molar-refractivity contribution in [2.75, 3.05) is 32.7 Å². The summed E-state index contributed by atoms with van der Waals surface area (Å²) in [5.41, 5.74) is 0.178. The van der Waals surface area contributed by atoms with E-state index in [0.717, 1.165) is 19.6 Å². The first-order valence-electron chi connectivity index (χ1n) is 7.24. The number of carboxylic acid groups (broad SMARTS) is 1. The van der Waals surface area contributed by atoms with Gasteiger partial charge in [-0.15, -0.1) is 0 Å². The number of aliphatic carboxylic acids is 1. The quantitative estimate of drug-likeness (QED) is 0.462. The number of amides is 2. The van der Waals surface area contributed by atoms with Gasteiger partial charge in [-0.3, -0.25) is 0 Å². The predicted octanol–water partition coefficient (Wildman–Crippen LogP) is 1.19. The van der Waals surface area contributed by atoms with Gasteiger partial charge in [-0.1, -0.05) is 13.0 Å². The Bertz CT molecular complexity index is 339. The van der Waals surface area contributed by atoms with Crippen LogP contribution in [0.2, 0.25) is 0 Å². The molecule has 0 aromatic carbocycles. The van der Waals surface area contributed by atoms with Crippen molar-refractivity contribution in [3.05, 3.63) is 12.2 Å². The molecular weight excluding hydrogens is 258 g/mol. The van der Waals surface area contributed by atoms with Crippen LogP contribution in [-0.4, -0.2) is 54.7 Å². The molecule has 0 atom stereocenters. The van der Waals surface area contributed by atoms with Crippen LogP contribution in [0.1, 0.15) is 32.1 Å². The van der Waals surface area contributed by atoms with E-state index in [1.807, 2.05) is 0 Å². The number of rotatable bonds is 8. The van der Waals surface area contributed by atoms with Gasteiger partial charge in [0.25, 0.3) is 0 Å². The zero-order valence-electron chi connectivity index (χ0n) is 12.0. The second kappa shape index (κ2) is 9.36. The predicted molar refractivity (Wildman–Crippen MR) is 77.7 cm³/mol. The van der Waals surface area contributed by atoms with E-state index in [1.54, 1.807) is 0 Å². The first kappa shape index (κ1) is 16.5. The van der Waals surface area contributed by atoms with Crippen LogP contribution in [0.4, 0.5) is 4.79 Å². The number of hydrogen-bond donors (Lipinski definition) is 3. The van der Waals surface area contributed by atoms with Gasteiger partial charge in [0.1, 0.15) is 0 Å². The lowest BCUT2D eigenvalue weighted by Gasteiger charge is -2.26. The normalized spacial score (nSPS) is 15.6. The molecule has 1 fully saturated rings. The number of carbonyl (C=O) groups excluding carboxylic acids is 1. The maximum Gasteiger partial charge on any atom is 0.330 e. The van der Waals surface area contributed by atoms with E-state index >= 15 is 0 Å². The first-order valence-corrected chi connectivity index (χ1v) is 7.24. The Morgan fingerprint density at radius 2 is 1.75 bits per heavy atom. The molecule has 1 aliphatic rings. The van der Waals surface area contributed by atoms with Gasteiger partial charge in [-0.2, -0.15) is 0 Å². The summed E-state index contributed by atoms with van der Waals surface area (Å²) >= 11 is 0. The summed E-state index contributed by atoms with van der Waals surface area (Å²) in [7, 11) is 0. The van der Waals surface area contributed by atoms with Crippen LogP contribution in [-0.2, 0) is 4.79 Å². The molecule has 1 rings (SSSR count). The molecule has 20 heavy (non-hydrogen) atoms. The van der Waals surface area contributed by atoms with E-state index in [9.17, 15) is 9.59 Å². The number of hydrogen-bond acceptors (Lipinski definition) is 3. The fourth-order valence-corrected chi connectivity index (χ4v) is 2.18. The molecule has 0 bridgehead atoms. The second-order valence-electron chi connectivity index (χ2n) is 5.10. The molecule has 0 aliphatic carbocycles. The summed E-state index contributed by atoms with van der Waals surface area (Å²) in [5, 5.41) is 14.1. The zero-order chi connectivity index (χ0) is 14.8. The van der Waals surface area contributed by atoms with Crippen LogP contribution in [0.5, 0.6) is 0 Å². The van der Waals surface area contributed by atoms with E-state index in [1.165, 1.54) is 19.3 Å². The minimum absolute atomic E-state index is 0.178. The highest BCUT2D eigenvalue weighted by Gasteiger charge is 2.09. The molecule has 0 spiro atoms. The van der Waals surface area contributed by atoms with Crippen molar-refractivity contribution in [2.45, 2.75) is 32.1 Å². The number of likely N-dealkylation sites (tertiary alicyclic amines) is 1. The van der Waals surface area contributed by atoms with E-state index in [4.69, 9.17) is 5.11 Å². The van der Waals surface area contributed by atoms with Crippen LogP contribution in [0.15, 0.2) is 12.2 Å². The minimum Gasteiger partial charge on any atom is -0.478 e. The highest BCUT2D eigenvalue weighted by Crippen LogP contribution is 2.07. The molecule has 6 nitrogen and oxygen atoms in total. The fraction of sp³-hybridized carbons (Fsp3) is 0.714. The molecule has 0 aromatic rings. The number of carbonyl (C=O) groups is 2. The fourth-order valence-electron chi connectivity index (χ4n) is 2.18. The summed E-state index contributed by atoms with van der Waals surface area (Å²) in [6, 6.07) is -0.192. The number of nitrogens with zero attached hydrogens (tertiary/aromatic N) is 1. The Morgan fingerprint density at radius 1 is 1.10 bits per heavy atom. The third-order valence-corrected chi connectivity index (χ3v) is 3.41. The molecule has 6 heteroatoms. The SMILES string of the molecule is C=C(CCCNC(=O)NCCN1CCCCC1)C(=O)O. The van der Waals surface area contributed by atoms with E-state index < -0.39 is 5.97 Å². The molecule has 0 unspecified atom stereocenters. The maximum atomic E-state index is 11.5. The molecular formula is C14H25N3O3. The lowest BCUT2D eigenvalue weighted by molar-refractivity contribution is -0.132. The largest absolute Gasteiger partial charge is 0.478 e. The van der Waals surface area contributed by atoms with Gasteiger partial charge in [0.05, 0.1) is 0 Å². The van der Waals surface area contributed by atoms with Crippen molar-refractivity contribution in [1.29, 1.82) is 0 Å². The van der Waals surface area contributed by atoms with Crippen molar-refractivity contribution >= 4 is 12.0 Å². The molecule has 0 aromatic heterocycles. The summed E-state index contributed by atoms with van der Waals surface area (Å²) in [6.45, 7) is 7.69. The Hall–Kier alpha value is -1.56. The second-order valence-corrected chi connectivity index (χ2v) is 5.10. The average Bonchev–Trinajstić information content (AvgIpc) is 2.44. The summed E-state index contributed by atoms with van der Waals surface area (Å²) < 4.78 is 0. The van der Waals surface area contributed by atoms with Crippen LogP contribution >= 0.6 is 0 Å². The van der Waals surface area contributed by atoms with E-state index in [0.29, 0.717) is 25.9 Å². The molecule has 0 saturated carbocycles. The highest BCUT2D eigenvalue weighted by atomic mass is 16.4. The zero-order valence-corrected chi connectivity index (χ0v) is 12.0. The van der Waals surface area contributed by atoms with E-state index in [2.05, 4.69) is 22.1 Å². The average molecular weight is 283 g/mol. The third-order valence-electron chi connectivity index (χ3n) is 3.41. The topological polar surface area (TPSA) is 81.7 Å². The van der Waals surface area contributed by atoms with Gasteiger partial charge in [0.15, 0.2) is 0 Å². The lowest BCUT2D eigenvalue weighted by atomic mass is 10.1. The molecule has 1 aliphatic heterocycles. The lowest BCUT2D eigenvalue weighted by Crippen LogP contribution is -2.41. The van der Waals surface area contributed by atoms with Crippen molar-refractivity contribution in [1.82, 2.24) is 15.5 Å². The first-order chi connectivity index (χ1) is 9.59. The molecule has 1 saturated heterocycles. The van der Waals surface area contributed by atoms with Gasteiger partial charge in [0.2, 0.25) is 0 Å². The van der Waals surface area contributed by atoms with E-state index in [-0.39, 0.29) is 11.6 Å². The third kappa shape index (κ3) is 7.13. The molecule has 114 valence electrons. The van der Waals surface area contributed by atoms with Gasteiger partial charge in [0, 0.05) is 25.2 Å². The van der Waals surface area contributed by atoms with Crippen LogP contribution in [0.25, 0.3) is 0 Å². The van der Waals surface area contributed by atoms with Crippen molar-refractivity contribution in [3.63, 3.8) is 0 Å². The van der Waals surface area contributed by atoms with Gasteiger partial charge < -0.3 is 20.6 Å². The van der Waals surface area contributed by atoms with Crippen LogP contribution < -0.4 is 10.6 Å². The smallest absolute Gasteiger partial charge is 0.330 e. The minimum atomic E-state index is -0.976. The number of carboxylic acids is 1. The Kier molecular flexibility index (Phi) is 7.72. The van der Waals surface area contributed by atoms with Crippen molar-refractivity contribution in [3.8, 4) is 0 Å². The molecule has 3 N–H and O–H groups in total. The van der Waals surface area contributed by atoms with Gasteiger partial charge in [-0.25, -0.2) is 9.59 Å². The molecule has 1 heterocycles. The van der Waals surface area contributed by atoms with Crippen LogP contribution in [0.3, 0.4) is 0 Å². The monoisotopic (exact) mass is 283 g/mol. The standard InChI is InChI=1S/C14H25N3O3/c1-12(13(18)19)6-5-7-15-14(20)16-8-11-17-9-3-2-4-10-17/h1-11H2,(H,18,19)(H2,15,16,20).